The highest BCUT2D eigenvalue weighted by Crippen LogP contribution is 2.13. The largest absolute Gasteiger partial charge is 0.494 e. The third kappa shape index (κ3) is 5.09. The highest BCUT2D eigenvalue weighted by Gasteiger charge is 2.19. The van der Waals surface area contributed by atoms with Crippen molar-refractivity contribution in [2.75, 3.05) is 6.61 Å². The fourth-order valence-corrected chi connectivity index (χ4v) is 2.34. The van der Waals surface area contributed by atoms with E-state index in [1.807, 2.05) is 30.3 Å². The zero-order valence-corrected chi connectivity index (χ0v) is 13.6. The fourth-order valence-electron chi connectivity index (χ4n) is 2.34. The van der Waals surface area contributed by atoms with Crippen LogP contribution in [0.5, 0.6) is 5.75 Å². The third-order valence-corrected chi connectivity index (χ3v) is 3.42. The zero-order valence-electron chi connectivity index (χ0n) is 13.6. The summed E-state index contributed by atoms with van der Waals surface area (Å²) in [6.45, 7) is 5.39. The molecule has 2 aromatic rings. The number of carbonyl (C=O) groups is 1. The highest BCUT2D eigenvalue weighted by atomic mass is 16.5. The van der Waals surface area contributed by atoms with Crippen LogP contribution in [0.2, 0.25) is 0 Å². The van der Waals surface area contributed by atoms with Crippen LogP contribution in [0.15, 0.2) is 30.3 Å². The summed E-state index contributed by atoms with van der Waals surface area (Å²) in [4.78, 5) is 11.2. The summed E-state index contributed by atoms with van der Waals surface area (Å²) in [7, 11) is 0. The second-order valence-electron chi connectivity index (χ2n) is 5.88. The Kier molecular flexibility index (Phi) is 6.14. The Morgan fingerprint density at radius 2 is 2.00 bits per heavy atom. The van der Waals surface area contributed by atoms with Crippen LogP contribution in [0.3, 0.4) is 0 Å². The minimum atomic E-state index is -1.01. The van der Waals surface area contributed by atoms with E-state index in [1.54, 1.807) is 4.68 Å². The molecule has 0 aliphatic carbocycles. The van der Waals surface area contributed by atoms with E-state index in [4.69, 9.17) is 4.74 Å². The van der Waals surface area contributed by atoms with E-state index < -0.39 is 5.97 Å². The Balaban J connectivity index is 1.84. The average Bonchev–Trinajstić information content (AvgIpc) is 2.90. The molecular formula is C17H23N3O3. The monoisotopic (exact) mass is 317 g/mol. The minimum Gasteiger partial charge on any atom is -0.494 e. The molecule has 0 fully saturated rings. The van der Waals surface area contributed by atoms with Gasteiger partial charge in [0.1, 0.15) is 5.75 Å². The Hall–Kier alpha value is -2.37. The number of unbranched alkanes of at least 4 members (excludes halogenated alkanes) is 1. The maximum absolute atomic E-state index is 11.2. The van der Waals surface area contributed by atoms with Gasteiger partial charge in [-0.15, -0.1) is 5.10 Å². The number of aryl methyl sites for hydroxylation is 1. The molecule has 1 heterocycles. The van der Waals surface area contributed by atoms with Gasteiger partial charge >= 0.3 is 5.97 Å². The number of nitrogens with zero attached hydrogens (tertiary/aromatic N) is 3. The van der Waals surface area contributed by atoms with Gasteiger partial charge < -0.3 is 9.84 Å². The Morgan fingerprint density at radius 1 is 1.26 bits per heavy atom. The van der Waals surface area contributed by atoms with Gasteiger partial charge in [0, 0.05) is 6.54 Å². The van der Waals surface area contributed by atoms with Gasteiger partial charge in [-0.05, 0) is 37.3 Å². The smallest absolute Gasteiger partial charge is 0.358 e. The predicted molar refractivity (Wildman–Crippen MR) is 86.7 cm³/mol. The van der Waals surface area contributed by atoms with Gasteiger partial charge in [0.25, 0.3) is 0 Å². The van der Waals surface area contributed by atoms with Gasteiger partial charge in [0.05, 0.1) is 12.3 Å². The molecule has 0 spiro atoms. The molecule has 0 saturated carbocycles. The van der Waals surface area contributed by atoms with Crippen molar-refractivity contribution in [2.24, 2.45) is 5.92 Å². The summed E-state index contributed by atoms with van der Waals surface area (Å²) < 4.78 is 7.36. The molecule has 2 rings (SSSR count). The van der Waals surface area contributed by atoms with Gasteiger partial charge in [0.2, 0.25) is 0 Å². The molecular weight excluding hydrogens is 294 g/mol. The topological polar surface area (TPSA) is 77.2 Å². The summed E-state index contributed by atoms with van der Waals surface area (Å²) in [5, 5.41) is 17.0. The van der Waals surface area contributed by atoms with Crippen molar-refractivity contribution in [3.05, 3.63) is 41.7 Å². The lowest BCUT2D eigenvalue weighted by atomic mass is 10.1. The van der Waals surface area contributed by atoms with Crippen LogP contribution in [0.1, 0.15) is 42.9 Å². The van der Waals surface area contributed by atoms with E-state index >= 15 is 0 Å². The van der Waals surface area contributed by atoms with Crippen LogP contribution >= 0.6 is 0 Å². The van der Waals surface area contributed by atoms with Crippen LogP contribution in [0.25, 0.3) is 0 Å². The molecule has 0 unspecified atom stereocenters. The van der Waals surface area contributed by atoms with Crippen molar-refractivity contribution in [3.63, 3.8) is 0 Å². The zero-order chi connectivity index (χ0) is 16.7. The quantitative estimate of drug-likeness (QED) is 0.719. The molecule has 0 aliphatic rings. The van der Waals surface area contributed by atoms with Gasteiger partial charge in [-0.25, -0.2) is 9.48 Å². The van der Waals surface area contributed by atoms with E-state index in [0.717, 1.165) is 18.6 Å². The Bertz CT molecular complexity index is 623. The molecule has 1 aromatic carbocycles. The van der Waals surface area contributed by atoms with E-state index in [9.17, 15) is 9.90 Å². The SMILES string of the molecule is CC(C)Cc1c(C(=O)O)nnn1CCCCOc1ccccc1. The average molecular weight is 317 g/mol. The van der Waals surface area contributed by atoms with Crippen molar-refractivity contribution in [1.82, 2.24) is 15.0 Å². The number of hydrogen-bond donors (Lipinski definition) is 1. The van der Waals surface area contributed by atoms with Gasteiger partial charge in [-0.1, -0.05) is 37.3 Å². The minimum absolute atomic E-state index is 0.0687. The molecule has 0 radical (unpaired) electrons. The second-order valence-corrected chi connectivity index (χ2v) is 5.88. The Labute approximate surface area is 136 Å². The number of hydrogen-bond acceptors (Lipinski definition) is 4. The van der Waals surface area contributed by atoms with Crippen molar-refractivity contribution in [1.29, 1.82) is 0 Å². The molecule has 1 N–H and O–H groups in total. The molecule has 0 bridgehead atoms. The normalized spacial score (nSPS) is 10.9. The molecule has 0 amide bonds. The van der Waals surface area contributed by atoms with Crippen molar-refractivity contribution in [3.8, 4) is 5.75 Å². The Morgan fingerprint density at radius 3 is 2.65 bits per heavy atom. The number of carboxylic acid groups (broad SMARTS) is 1. The van der Waals surface area contributed by atoms with Crippen LogP contribution in [0, 0.1) is 5.92 Å². The van der Waals surface area contributed by atoms with Gasteiger partial charge in [-0.3, -0.25) is 0 Å². The van der Waals surface area contributed by atoms with E-state index in [1.165, 1.54) is 0 Å². The number of para-hydroxylation sites is 1. The van der Waals surface area contributed by atoms with E-state index in [-0.39, 0.29) is 5.69 Å². The van der Waals surface area contributed by atoms with Crippen LogP contribution < -0.4 is 4.74 Å². The third-order valence-electron chi connectivity index (χ3n) is 3.42. The first-order valence-electron chi connectivity index (χ1n) is 7.91. The maximum atomic E-state index is 11.2. The van der Waals surface area contributed by atoms with Crippen molar-refractivity contribution >= 4 is 5.97 Å². The molecule has 6 nitrogen and oxygen atoms in total. The first-order chi connectivity index (χ1) is 11.1. The molecule has 124 valence electrons. The van der Waals surface area contributed by atoms with Gasteiger partial charge in [0.15, 0.2) is 5.69 Å². The van der Waals surface area contributed by atoms with Crippen molar-refractivity contribution < 1.29 is 14.6 Å². The van der Waals surface area contributed by atoms with Crippen LogP contribution in [-0.4, -0.2) is 32.7 Å². The molecule has 0 saturated heterocycles. The number of ether oxygens (including phenoxy) is 1. The summed E-state index contributed by atoms with van der Waals surface area (Å²) in [5.41, 5.74) is 0.774. The number of benzene rings is 1. The van der Waals surface area contributed by atoms with Crippen LogP contribution in [-0.2, 0) is 13.0 Å². The number of carboxylic acids is 1. The lowest BCUT2D eigenvalue weighted by molar-refractivity contribution is 0.0689. The lowest BCUT2D eigenvalue weighted by Gasteiger charge is -2.09. The van der Waals surface area contributed by atoms with E-state index in [0.29, 0.717) is 31.2 Å². The lowest BCUT2D eigenvalue weighted by Crippen LogP contribution is -2.12. The summed E-state index contributed by atoms with van der Waals surface area (Å²) in [5.74, 6) is 0.202. The summed E-state index contributed by atoms with van der Waals surface area (Å²) in [6.07, 6.45) is 2.40. The van der Waals surface area contributed by atoms with Crippen LogP contribution in [0.4, 0.5) is 0 Å². The second kappa shape index (κ2) is 8.31. The highest BCUT2D eigenvalue weighted by molar-refractivity contribution is 5.86. The standard InChI is InChI=1S/C17H23N3O3/c1-13(2)12-15-16(17(21)22)18-19-20(15)10-6-7-11-23-14-8-4-3-5-9-14/h3-5,8-9,13H,6-7,10-12H2,1-2H3,(H,21,22). The van der Waals surface area contributed by atoms with Gasteiger partial charge in [-0.2, -0.15) is 0 Å². The molecule has 0 atom stereocenters. The molecule has 0 aliphatic heterocycles. The van der Waals surface area contributed by atoms with Crippen molar-refractivity contribution in [2.45, 2.75) is 39.7 Å². The molecule has 6 heteroatoms. The number of rotatable bonds is 9. The first kappa shape index (κ1) is 17.0. The molecule has 1 aromatic heterocycles. The summed E-state index contributed by atoms with van der Waals surface area (Å²) >= 11 is 0. The maximum Gasteiger partial charge on any atom is 0.358 e. The molecule has 23 heavy (non-hydrogen) atoms. The predicted octanol–water partition coefficient (Wildman–Crippen LogP) is 3.03. The number of aromatic carboxylic acids is 1. The number of aromatic nitrogens is 3. The van der Waals surface area contributed by atoms with E-state index in [2.05, 4.69) is 24.2 Å². The summed E-state index contributed by atoms with van der Waals surface area (Å²) in [6, 6.07) is 9.69. The first-order valence-corrected chi connectivity index (χ1v) is 7.91. The fraction of sp³-hybridized carbons (Fsp3) is 0.471.